The van der Waals surface area contributed by atoms with E-state index in [0.717, 1.165) is 0 Å². The number of benzene rings is 1. The van der Waals surface area contributed by atoms with Crippen molar-refractivity contribution in [2.45, 2.75) is 0 Å². The van der Waals surface area contributed by atoms with Crippen LogP contribution < -0.4 is 0 Å². The first-order valence-corrected chi connectivity index (χ1v) is 4.09. The maximum Gasteiger partial charge on any atom is 0.341 e. The SMILES string of the molecule is O=C(O)c1c(F)c(F)cc(I)c1F. The summed E-state index contributed by atoms with van der Waals surface area (Å²) in [6.07, 6.45) is 0. The molecule has 0 atom stereocenters. The molecule has 0 aliphatic heterocycles. The van der Waals surface area contributed by atoms with Gasteiger partial charge in [-0.3, -0.25) is 0 Å². The third-order valence-corrected chi connectivity index (χ3v) is 2.11. The molecule has 1 N–H and O–H groups in total. The lowest BCUT2D eigenvalue weighted by molar-refractivity contribution is 0.0685. The predicted molar refractivity (Wildman–Crippen MR) is 46.0 cm³/mol. The fourth-order valence-corrected chi connectivity index (χ4v) is 1.30. The molecule has 0 fully saturated rings. The van der Waals surface area contributed by atoms with E-state index in [9.17, 15) is 18.0 Å². The second kappa shape index (κ2) is 3.52. The minimum atomic E-state index is -1.83. The summed E-state index contributed by atoms with van der Waals surface area (Å²) < 4.78 is 37.9. The van der Waals surface area contributed by atoms with Crippen molar-refractivity contribution in [2.75, 3.05) is 0 Å². The van der Waals surface area contributed by atoms with Crippen molar-refractivity contribution in [2.24, 2.45) is 0 Å². The first-order valence-electron chi connectivity index (χ1n) is 3.01. The first kappa shape index (κ1) is 10.3. The van der Waals surface area contributed by atoms with Gasteiger partial charge in [0, 0.05) is 0 Å². The highest BCUT2D eigenvalue weighted by Gasteiger charge is 2.22. The molecule has 1 aromatic rings. The van der Waals surface area contributed by atoms with Crippen LogP contribution in [0.3, 0.4) is 0 Å². The predicted octanol–water partition coefficient (Wildman–Crippen LogP) is 2.41. The molecular weight excluding hydrogens is 300 g/mol. The van der Waals surface area contributed by atoms with Crippen LogP contribution in [-0.2, 0) is 0 Å². The van der Waals surface area contributed by atoms with Gasteiger partial charge >= 0.3 is 5.97 Å². The number of aromatic carboxylic acids is 1. The lowest BCUT2D eigenvalue weighted by Crippen LogP contribution is -2.08. The molecule has 0 spiro atoms. The molecule has 70 valence electrons. The van der Waals surface area contributed by atoms with Crippen molar-refractivity contribution in [3.63, 3.8) is 0 Å². The molecule has 1 rings (SSSR count). The Bertz CT molecular complexity index is 352. The zero-order valence-corrected chi connectivity index (χ0v) is 8.10. The lowest BCUT2D eigenvalue weighted by atomic mass is 10.2. The molecule has 0 saturated carbocycles. The highest BCUT2D eigenvalue weighted by molar-refractivity contribution is 14.1. The molecule has 1 aromatic carbocycles. The third-order valence-electron chi connectivity index (χ3n) is 1.33. The molecule has 0 amide bonds. The molecule has 13 heavy (non-hydrogen) atoms. The van der Waals surface area contributed by atoms with Crippen molar-refractivity contribution in [1.29, 1.82) is 0 Å². The summed E-state index contributed by atoms with van der Waals surface area (Å²) in [5, 5.41) is 8.35. The highest BCUT2D eigenvalue weighted by Crippen LogP contribution is 2.21. The van der Waals surface area contributed by atoms with Crippen LogP contribution in [0.4, 0.5) is 13.2 Å². The Morgan fingerprint density at radius 3 is 2.31 bits per heavy atom. The maximum atomic E-state index is 12.9. The number of halogens is 4. The Balaban J connectivity index is 3.56. The van der Waals surface area contributed by atoms with E-state index in [1.165, 1.54) is 22.6 Å². The number of hydrogen-bond donors (Lipinski definition) is 1. The number of carboxylic acid groups (broad SMARTS) is 1. The van der Waals surface area contributed by atoms with Gasteiger partial charge in [0.15, 0.2) is 17.5 Å². The van der Waals surface area contributed by atoms with E-state index >= 15 is 0 Å². The van der Waals surface area contributed by atoms with Crippen molar-refractivity contribution in [3.8, 4) is 0 Å². The van der Waals surface area contributed by atoms with Crippen molar-refractivity contribution >= 4 is 28.6 Å². The van der Waals surface area contributed by atoms with Gasteiger partial charge in [0.1, 0.15) is 5.56 Å². The summed E-state index contributed by atoms with van der Waals surface area (Å²) >= 11 is 1.38. The summed E-state index contributed by atoms with van der Waals surface area (Å²) in [5.74, 6) is -6.13. The smallest absolute Gasteiger partial charge is 0.341 e. The molecule has 0 heterocycles. The Kier molecular flexibility index (Phi) is 2.79. The van der Waals surface area contributed by atoms with E-state index in [2.05, 4.69) is 0 Å². The van der Waals surface area contributed by atoms with Gasteiger partial charge in [0.25, 0.3) is 0 Å². The Morgan fingerprint density at radius 1 is 1.31 bits per heavy atom. The van der Waals surface area contributed by atoms with Gasteiger partial charge in [-0.2, -0.15) is 0 Å². The molecule has 0 aromatic heterocycles. The fourth-order valence-electron chi connectivity index (χ4n) is 0.761. The van der Waals surface area contributed by atoms with E-state index in [4.69, 9.17) is 5.11 Å². The molecule has 0 aliphatic rings. The summed E-state index contributed by atoms with van der Waals surface area (Å²) in [5.41, 5.74) is -1.26. The van der Waals surface area contributed by atoms with Crippen LogP contribution in [0.5, 0.6) is 0 Å². The molecule has 0 unspecified atom stereocenters. The van der Waals surface area contributed by atoms with Gasteiger partial charge in [-0.15, -0.1) is 0 Å². The van der Waals surface area contributed by atoms with Gasteiger partial charge in [0.05, 0.1) is 3.57 Å². The molecule has 0 radical (unpaired) electrons. The fraction of sp³-hybridized carbons (Fsp3) is 0. The van der Waals surface area contributed by atoms with Crippen LogP contribution >= 0.6 is 22.6 Å². The van der Waals surface area contributed by atoms with Crippen LogP contribution in [0, 0.1) is 21.0 Å². The lowest BCUT2D eigenvalue weighted by Gasteiger charge is -2.02. The number of rotatable bonds is 1. The monoisotopic (exact) mass is 302 g/mol. The Labute approximate surface area is 84.5 Å². The average Bonchev–Trinajstić information content (AvgIpc) is 2.01. The minimum absolute atomic E-state index is 0.270. The molecule has 0 saturated heterocycles. The summed E-state index contributed by atoms with van der Waals surface area (Å²) in [6, 6.07) is 0.595. The summed E-state index contributed by atoms with van der Waals surface area (Å²) in [4.78, 5) is 10.3. The van der Waals surface area contributed by atoms with E-state index in [-0.39, 0.29) is 3.57 Å². The summed E-state index contributed by atoms with van der Waals surface area (Å²) in [7, 11) is 0. The molecule has 0 bridgehead atoms. The minimum Gasteiger partial charge on any atom is -0.477 e. The number of carbonyl (C=O) groups is 1. The van der Waals surface area contributed by atoms with Crippen molar-refractivity contribution in [3.05, 3.63) is 32.7 Å². The van der Waals surface area contributed by atoms with Crippen LogP contribution in [0.1, 0.15) is 10.4 Å². The molecular formula is C7H2F3IO2. The number of carboxylic acids is 1. The van der Waals surface area contributed by atoms with Gasteiger partial charge in [0.2, 0.25) is 0 Å². The van der Waals surface area contributed by atoms with Crippen LogP contribution in [0.2, 0.25) is 0 Å². The first-order chi connectivity index (χ1) is 5.95. The second-order valence-corrected chi connectivity index (χ2v) is 3.31. The zero-order chi connectivity index (χ0) is 10.2. The molecule has 0 aliphatic carbocycles. The highest BCUT2D eigenvalue weighted by atomic mass is 127. The molecule has 6 heteroatoms. The topological polar surface area (TPSA) is 37.3 Å². The van der Waals surface area contributed by atoms with Crippen molar-refractivity contribution < 1.29 is 23.1 Å². The average molecular weight is 302 g/mol. The molecule has 2 nitrogen and oxygen atoms in total. The van der Waals surface area contributed by atoms with Crippen LogP contribution in [0.15, 0.2) is 6.07 Å². The quantitative estimate of drug-likeness (QED) is 0.639. The second-order valence-electron chi connectivity index (χ2n) is 2.15. The van der Waals surface area contributed by atoms with E-state index in [1.807, 2.05) is 0 Å². The number of hydrogen-bond acceptors (Lipinski definition) is 1. The van der Waals surface area contributed by atoms with Gasteiger partial charge in [-0.1, -0.05) is 0 Å². The van der Waals surface area contributed by atoms with Crippen LogP contribution in [-0.4, -0.2) is 11.1 Å². The van der Waals surface area contributed by atoms with Gasteiger partial charge in [-0.05, 0) is 28.7 Å². The normalized spacial score (nSPS) is 10.2. The third kappa shape index (κ3) is 1.77. The Morgan fingerprint density at radius 2 is 1.85 bits per heavy atom. The van der Waals surface area contributed by atoms with E-state index in [0.29, 0.717) is 6.07 Å². The summed E-state index contributed by atoms with van der Waals surface area (Å²) in [6.45, 7) is 0. The van der Waals surface area contributed by atoms with Crippen molar-refractivity contribution in [1.82, 2.24) is 0 Å². The zero-order valence-electron chi connectivity index (χ0n) is 5.94. The van der Waals surface area contributed by atoms with E-state index < -0.39 is 29.0 Å². The van der Waals surface area contributed by atoms with E-state index in [1.54, 1.807) is 0 Å². The Hall–Kier alpha value is -0.790. The largest absolute Gasteiger partial charge is 0.477 e. The van der Waals surface area contributed by atoms with Crippen LogP contribution in [0.25, 0.3) is 0 Å². The maximum absolute atomic E-state index is 12.9. The van der Waals surface area contributed by atoms with Gasteiger partial charge in [-0.25, -0.2) is 18.0 Å². The van der Waals surface area contributed by atoms with Gasteiger partial charge < -0.3 is 5.11 Å². The standard InChI is InChI=1S/C7H2F3IO2/c8-2-1-3(11)6(10)4(5(2)9)7(12)13/h1H,(H,12,13).